The number of piperidine rings is 2. The number of benzene rings is 1. The number of carbonyl (C=O) groups excluding carboxylic acids is 2. The maximum absolute atomic E-state index is 12.7. The molecule has 1 aromatic carbocycles. The third-order valence-corrected chi connectivity index (χ3v) is 5.60. The molecule has 1 N–H and O–H groups in total. The van der Waals surface area contributed by atoms with Gasteiger partial charge in [0.1, 0.15) is 5.92 Å². The molecule has 1 atom stereocenters. The van der Waals surface area contributed by atoms with E-state index in [4.69, 9.17) is 0 Å². The summed E-state index contributed by atoms with van der Waals surface area (Å²) in [6.07, 6.45) is 2.77. The molecule has 0 bridgehead atoms. The summed E-state index contributed by atoms with van der Waals surface area (Å²) in [6, 6.07) is 13.0. The Balaban J connectivity index is 1.46. The molecule has 0 spiro atoms. The lowest BCUT2D eigenvalue weighted by Crippen LogP contribution is -2.49. The topological polar surface area (TPSA) is 84.3 Å². The molecule has 0 radical (unpaired) electrons. The van der Waals surface area contributed by atoms with Crippen LogP contribution in [0.5, 0.6) is 0 Å². The molecule has 2 aromatic rings. The van der Waals surface area contributed by atoms with Crippen LogP contribution in [0.3, 0.4) is 0 Å². The molecule has 7 heteroatoms. The molecule has 3 heterocycles. The number of hydrogen-bond acceptors (Lipinski definition) is 4. The summed E-state index contributed by atoms with van der Waals surface area (Å²) in [4.78, 5) is 38.8. The van der Waals surface area contributed by atoms with Crippen molar-refractivity contribution in [2.75, 3.05) is 19.6 Å². The molecule has 28 heavy (non-hydrogen) atoms. The third kappa shape index (κ3) is 3.69. The van der Waals surface area contributed by atoms with Gasteiger partial charge in [-0.3, -0.25) is 14.4 Å². The minimum Gasteiger partial charge on any atom is -0.355 e. The molecule has 2 amide bonds. The summed E-state index contributed by atoms with van der Waals surface area (Å²) in [5, 5.41) is 7.35. The summed E-state index contributed by atoms with van der Waals surface area (Å²) >= 11 is 0. The van der Waals surface area contributed by atoms with Crippen molar-refractivity contribution < 1.29 is 9.59 Å². The summed E-state index contributed by atoms with van der Waals surface area (Å²) in [6.45, 7) is 1.73. The molecule has 2 aliphatic heterocycles. The van der Waals surface area contributed by atoms with Gasteiger partial charge >= 0.3 is 0 Å². The van der Waals surface area contributed by atoms with Crippen molar-refractivity contribution in [2.24, 2.45) is 5.92 Å². The Morgan fingerprint density at radius 3 is 2.46 bits per heavy atom. The van der Waals surface area contributed by atoms with Crippen molar-refractivity contribution >= 4 is 11.8 Å². The molecule has 0 aliphatic carbocycles. The number of nitrogens with zero attached hydrogens (tertiary/aromatic N) is 3. The first-order chi connectivity index (χ1) is 13.6. The minimum atomic E-state index is -0.562. The van der Waals surface area contributed by atoms with Crippen molar-refractivity contribution in [3.05, 3.63) is 52.8 Å². The van der Waals surface area contributed by atoms with Crippen LogP contribution < -0.4 is 10.9 Å². The van der Waals surface area contributed by atoms with Crippen molar-refractivity contribution in [3.63, 3.8) is 0 Å². The van der Waals surface area contributed by atoms with E-state index in [-0.39, 0.29) is 23.4 Å². The molecule has 2 fully saturated rings. The van der Waals surface area contributed by atoms with Crippen LogP contribution in [0.4, 0.5) is 0 Å². The van der Waals surface area contributed by atoms with Gasteiger partial charge in [0.15, 0.2) is 0 Å². The van der Waals surface area contributed by atoms with Gasteiger partial charge in [-0.25, -0.2) is 4.68 Å². The van der Waals surface area contributed by atoms with Gasteiger partial charge in [0.25, 0.3) is 5.56 Å². The van der Waals surface area contributed by atoms with Crippen LogP contribution in [-0.2, 0) is 9.59 Å². The molecule has 7 nitrogen and oxygen atoms in total. The first-order valence-electron chi connectivity index (χ1n) is 9.85. The van der Waals surface area contributed by atoms with Gasteiger partial charge in [-0.2, -0.15) is 5.10 Å². The first kappa shape index (κ1) is 18.4. The van der Waals surface area contributed by atoms with Crippen molar-refractivity contribution in [3.8, 4) is 11.3 Å². The van der Waals surface area contributed by atoms with E-state index >= 15 is 0 Å². The van der Waals surface area contributed by atoms with Crippen LogP contribution in [-0.4, -0.2) is 46.1 Å². The lowest BCUT2D eigenvalue weighted by Gasteiger charge is -2.35. The SMILES string of the molecule is O=C1NCCCC1C(=O)N1CCC(n2nc(-c3ccccc3)ccc2=O)CC1. The van der Waals surface area contributed by atoms with Gasteiger partial charge < -0.3 is 10.2 Å². The van der Waals surface area contributed by atoms with Gasteiger partial charge in [-0.05, 0) is 31.7 Å². The minimum absolute atomic E-state index is 0.0413. The van der Waals surface area contributed by atoms with Crippen LogP contribution in [0.25, 0.3) is 11.3 Å². The second-order valence-corrected chi connectivity index (χ2v) is 7.41. The van der Waals surface area contributed by atoms with E-state index < -0.39 is 5.92 Å². The molecule has 2 saturated heterocycles. The predicted molar refractivity (Wildman–Crippen MR) is 105 cm³/mol. The number of amides is 2. The highest BCUT2D eigenvalue weighted by molar-refractivity contribution is 6.00. The Bertz CT molecular complexity index is 917. The Hall–Kier alpha value is -2.96. The lowest BCUT2D eigenvalue weighted by molar-refractivity contribution is -0.144. The van der Waals surface area contributed by atoms with Crippen LogP contribution >= 0.6 is 0 Å². The number of likely N-dealkylation sites (tertiary alicyclic amines) is 1. The molecule has 1 aromatic heterocycles. The molecule has 146 valence electrons. The Morgan fingerprint density at radius 2 is 1.75 bits per heavy atom. The number of aromatic nitrogens is 2. The van der Waals surface area contributed by atoms with Gasteiger partial charge in [0, 0.05) is 31.3 Å². The van der Waals surface area contributed by atoms with Crippen molar-refractivity contribution in [1.82, 2.24) is 20.0 Å². The van der Waals surface area contributed by atoms with Crippen molar-refractivity contribution in [2.45, 2.75) is 31.7 Å². The zero-order chi connectivity index (χ0) is 19.5. The van der Waals surface area contributed by atoms with Gasteiger partial charge in [-0.1, -0.05) is 30.3 Å². The summed E-state index contributed by atoms with van der Waals surface area (Å²) in [5.41, 5.74) is 1.60. The normalized spacial score (nSPS) is 20.6. The Labute approximate surface area is 163 Å². The lowest BCUT2D eigenvalue weighted by atomic mass is 9.95. The molecule has 1 unspecified atom stereocenters. The van der Waals surface area contributed by atoms with Gasteiger partial charge in [0.2, 0.25) is 11.8 Å². The average Bonchev–Trinajstić information content (AvgIpc) is 2.75. The smallest absolute Gasteiger partial charge is 0.267 e. The maximum atomic E-state index is 12.7. The quantitative estimate of drug-likeness (QED) is 0.820. The van der Waals surface area contributed by atoms with Gasteiger partial charge in [-0.15, -0.1) is 0 Å². The largest absolute Gasteiger partial charge is 0.355 e. The number of hydrogen-bond donors (Lipinski definition) is 1. The summed E-state index contributed by atoms with van der Waals surface area (Å²) in [5.74, 6) is -0.812. The number of rotatable bonds is 3. The Morgan fingerprint density at radius 1 is 1.00 bits per heavy atom. The Kier molecular flexibility index (Phi) is 5.23. The highest BCUT2D eigenvalue weighted by Crippen LogP contribution is 2.24. The predicted octanol–water partition coefficient (Wildman–Crippen LogP) is 1.60. The molecule has 4 rings (SSSR count). The fourth-order valence-electron chi connectivity index (χ4n) is 4.01. The fourth-order valence-corrected chi connectivity index (χ4v) is 4.01. The molecule has 2 aliphatic rings. The average molecular weight is 380 g/mol. The van der Waals surface area contributed by atoms with E-state index in [1.165, 1.54) is 0 Å². The van der Waals surface area contributed by atoms with E-state index in [0.717, 1.165) is 17.7 Å². The second-order valence-electron chi connectivity index (χ2n) is 7.41. The maximum Gasteiger partial charge on any atom is 0.267 e. The molecule has 0 saturated carbocycles. The monoisotopic (exact) mass is 380 g/mol. The van der Waals surface area contributed by atoms with Crippen LogP contribution in [0.1, 0.15) is 31.7 Å². The van der Waals surface area contributed by atoms with Crippen LogP contribution in [0, 0.1) is 5.92 Å². The van der Waals surface area contributed by atoms with E-state index in [1.807, 2.05) is 30.3 Å². The third-order valence-electron chi connectivity index (χ3n) is 5.60. The van der Waals surface area contributed by atoms with E-state index in [9.17, 15) is 14.4 Å². The summed E-state index contributed by atoms with van der Waals surface area (Å²) < 4.78 is 1.55. The van der Waals surface area contributed by atoms with Crippen molar-refractivity contribution in [1.29, 1.82) is 0 Å². The molecular weight excluding hydrogens is 356 g/mol. The zero-order valence-corrected chi connectivity index (χ0v) is 15.7. The van der Waals surface area contributed by atoms with E-state index in [2.05, 4.69) is 10.4 Å². The zero-order valence-electron chi connectivity index (χ0n) is 15.7. The second kappa shape index (κ2) is 7.96. The summed E-state index contributed by atoms with van der Waals surface area (Å²) in [7, 11) is 0. The highest BCUT2D eigenvalue weighted by Gasteiger charge is 2.34. The van der Waals surface area contributed by atoms with Crippen LogP contribution in [0.2, 0.25) is 0 Å². The number of carbonyl (C=O) groups is 2. The van der Waals surface area contributed by atoms with E-state index in [1.54, 1.807) is 21.7 Å². The number of nitrogens with one attached hydrogen (secondary N) is 1. The van der Waals surface area contributed by atoms with Crippen LogP contribution in [0.15, 0.2) is 47.3 Å². The standard InChI is InChI=1S/C21H24N4O3/c26-19-9-8-18(15-5-2-1-3-6-15)23-25(19)16-10-13-24(14-11-16)21(28)17-7-4-12-22-20(17)27/h1-3,5-6,8-9,16-17H,4,7,10-14H2,(H,22,27). The highest BCUT2D eigenvalue weighted by atomic mass is 16.2. The van der Waals surface area contributed by atoms with Gasteiger partial charge in [0.05, 0.1) is 11.7 Å². The molecular formula is C21H24N4O3. The van der Waals surface area contributed by atoms with E-state index in [0.29, 0.717) is 38.9 Å². The first-order valence-corrected chi connectivity index (χ1v) is 9.85. The fraction of sp³-hybridized carbons (Fsp3) is 0.429.